The number of methoxy groups -OCH3 is 1. The molecule has 2 aromatic carbocycles. The quantitative estimate of drug-likeness (QED) is 0.504. The number of hydrogen-bond acceptors (Lipinski definition) is 5. The number of thioether (sulfide) groups is 1. The van der Waals surface area contributed by atoms with Crippen molar-refractivity contribution in [3.63, 3.8) is 0 Å². The van der Waals surface area contributed by atoms with Crippen molar-refractivity contribution < 1.29 is 14.3 Å². The van der Waals surface area contributed by atoms with Crippen LogP contribution < -0.4 is 10.1 Å². The maximum absolute atomic E-state index is 13.0. The van der Waals surface area contributed by atoms with Crippen LogP contribution in [-0.2, 0) is 24.3 Å². The first-order valence-corrected chi connectivity index (χ1v) is 12.6. The largest absolute Gasteiger partial charge is 0.497 e. The molecular weight excluding hydrogens is 448 g/mol. The van der Waals surface area contributed by atoms with Crippen molar-refractivity contribution in [1.29, 1.82) is 0 Å². The Morgan fingerprint density at radius 3 is 2.74 bits per heavy atom. The Balaban J connectivity index is 1.36. The standard InChI is InChI=1S/C26H28N4O3S/c1-33-20-7-5-6-18(14-20)15-30-23-12-13-29(24(31)17-34-21-8-3-2-4-9-21)16-22(23)25(28-30)26(32)27-19-10-11-19/h2-9,14,19H,10-13,15-17H2,1H3,(H,27,32). The van der Waals surface area contributed by atoms with E-state index in [4.69, 9.17) is 9.84 Å². The number of ether oxygens (including phenoxy) is 1. The zero-order valence-corrected chi connectivity index (χ0v) is 20.0. The van der Waals surface area contributed by atoms with Gasteiger partial charge in [-0.25, -0.2) is 0 Å². The van der Waals surface area contributed by atoms with Crippen LogP contribution in [0.15, 0.2) is 59.5 Å². The molecule has 3 aromatic rings. The number of nitrogens with zero attached hydrogens (tertiary/aromatic N) is 3. The molecule has 1 aromatic heterocycles. The second-order valence-electron chi connectivity index (χ2n) is 8.70. The number of amides is 2. The molecule has 1 saturated carbocycles. The molecule has 2 heterocycles. The van der Waals surface area contributed by atoms with Crippen molar-refractivity contribution in [3.8, 4) is 5.75 Å². The van der Waals surface area contributed by atoms with Crippen molar-refractivity contribution in [1.82, 2.24) is 20.0 Å². The molecule has 34 heavy (non-hydrogen) atoms. The Kier molecular flexibility index (Phi) is 6.58. The number of hydrogen-bond donors (Lipinski definition) is 1. The van der Waals surface area contributed by atoms with Gasteiger partial charge in [-0.2, -0.15) is 5.10 Å². The first-order valence-electron chi connectivity index (χ1n) is 11.6. The van der Waals surface area contributed by atoms with Gasteiger partial charge in [-0.15, -0.1) is 11.8 Å². The molecule has 0 unspecified atom stereocenters. The smallest absolute Gasteiger partial charge is 0.272 e. The fourth-order valence-electron chi connectivity index (χ4n) is 4.20. The van der Waals surface area contributed by atoms with Crippen LogP contribution in [0.2, 0.25) is 0 Å². The van der Waals surface area contributed by atoms with E-state index in [9.17, 15) is 9.59 Å². The number of aromatic nitrogens is 2. The first-order chi connectivity index (χ1) is 16.6. The minimum absolute atomic E-state index is 0.0774. The average molecular weight is 477 g/mol. The van der Waals surface area contributed by atoms with Gasteiger partial charge in [0, 0.05) is 41.7 Å². The summed E-state index contributed by atoms with van der Waals surface area (Å²) in [5.41, 5.74) is 3.39. The third kappa shape index (κ3) is 5.12. The van der Waals surface area contributed by atoms with Gasteiger partial charge in [0.05, 0.1) is 19.4 Å². The predicted molar refractivity (Wildman–Crippen MR) is 131 cm³/mol. The van der Waals surface area contributed by atoms with Crippen LogP contribution in [-0.4, -0.2) is 51.9 Å². The highest BCUT2D eigenvalue weighted by atomic mass is 32.2. The molecule has 176 valence electrons. The van der Waals surface area contributed by atoms with Crippen LogP contribution in [0.4, 0.5) is 0 Å². The number of rotatable bonds is 8. The van der Waals surface area contributed by atoms with E-state index in [1.54, 1.807) is 7.11 Å². The molecule has 5 rings (SSSR count). The van der Waals surface area contributed by atoms with Crippen molar-refractivity contribution in [2.45, 2.75) is 43.3 Å². The Labute approximate surface area is 203 Å². The van der Waals surface area contributed by atoms with Crippen molar-refractivity contribution in [2.24, 2.45) is 0 Å². The summed E-state index contributed by atoms with van der Waals surface area (Å²) in [6, 6.07) is 18.1. The second kappa shape index (κ2) is 9.93. The molecule has 1 aliphatic heterocycles. The summed E-state index contributed by atoms with van der Waals surface area (Å²) in [7, 11) is 1.65. The minimum Gasteiger partial charge on any atom is -0.497 e. The lowest BCUT2D eigenvalue weighted by Gasteiger charge is -2.28. The fourth-order valence-corrected chi connectivity index (χ4v) is 5.02. The number of nitrogens with one attached hydrogen (secondary N) is 1. The summed E-state index contributed by atoms with van der Waals surface area (Å²) in [5.74, 6) is 1.10. The molecule has 1 fully saturated rings. The van der Waals surface area contributed by atoms with E-state index >= 15 is 0 Å². The van der Waals surface area contributed by atoms with E-state index in [0.29, 0.717) is 37.5 Å². The van der Waals surface area contributed by atoms with Crippen LogP contribution in [0.1, 0.15) is 40.2 Å². The fraction of sp³-hybridized carbons (Fsp3) is 0.346. The monoisotopic (exact) mass is 476 g/mol. The number of benzene rings is 2. The van der Waals surface area contributed by atoms with E-state index in [2.05, 4.69) is 5.32 Å². The Hall–Kier alpha value is -3.26. The van der Waals surface area contributed by atoms with E-state index in [1.165, 1.54) is 11.8 Å². The van der Waals surface area contributed by atoms with E-state index in [-0.39, 0.29) is 17.9 Å². The molecule has 1 aliphatic carbocycles. The maximum atomic E-state index is 13.0. The lowest BCUT2D eigenvalue weighted by Crippen LogP contribution is -2.38. The molecule has 7 nitrogen and oxygen atoms in total. The van der Waals surface area contributed by atoms with Crippen LogP contribution in [0, 0.1) is 0 Å². The van der Waals surface area contributed by atoms with Gasteiger partial charge < -0.3 is 15.0 Å². The normalized spacial score (nSPS) is 15.0. The molecular formula is C26H28N4O3S. The summed E-state index contributed by atoms with van der Waals surface area (Å²) in [4.78, 5) is 28.9. The molecule has 8 heteroatoms. The summed E-state index contributed by atoms with van der Waals surface area (Å²) in [6.07, 6.45) is 2.70. The van der Waals surface area contributed by atoms with Gasteiger partial charge >= 0.3 is 0 Å². The third-order valence-electron chi connectivity index (χ3n) is 6.19. The predicted octanol–water partition coefficient (Wildman–Crippen LogP) is 3.51. The van der Waals surface area contributed by atoms with Gasteiger partial charge in [0.1, 0.15) is 5.75 Å². The molecule has 0 bridgehead atoms. The van der Waals surface area contributed by atoms with Crippen LogP contribution in [0.5, 0.6) is 5.75 Å². The molecule has 0 spiro atoms. The number of fused-ring (bicyclic) bond motifs is 1. The topological polar surface area (TPSA) is 76.5 Å². The highest BCUT2D eigenvalue weighted by molar-refractivity contribution is 8.00. The number of carbonyl (C=O) groups is 2. The Morgan fingerprint density at radius 2 is 1.97 bits per heavy atom. The SMILES string of the molecule is COc1cccc(Cn2nc(C(=O)NC3CC3)c3c2CCN(C(=O)CSc2ccccc2)C3)c1. The van der Waals surface area contributed by atoms with Gasteiger partial charge in [0.25, 0.3) is 5.91 Å². The van der Waals surface area contributed by atoms with Crippen molar-refractivity contribution in [2.75, 3.05) is 19.4 Å². The lowest BCUT2D eigenvalue weighted by molar-refractivity contribution is -0.129. The molecule has 0 saturated heterocycles. The summed E-state index contributed by atoms with van der Waals surface area (Å²) < 4.78 is 7.28. The zero-order valence-electron chi connectivity index (χ0n) is 19.2. The van der Waals surface area contributed by atoms with E-state index in [1.807, 2.05) is 64.2 Å². The van der Waals surface area contributed by atoms with Crippen LogP contribution in [0.3, 0.4) is 0 Å². The molecule has 2 amide bonds. The minimum atomic E-state index is -0.142. The lowest BCUT2D eigenvalue weighted by atomic mass is 10.0. The summed E-state index contributed by atoms with van der Waals surface area (Å²) in [5, 5.41) is 7.80. The van der Waals surface area contributed by atoms with Gasteiger partial charge in [0.2, 0.25) is 5.91 Å². The van der Waals surface area contributed by atoms with E-state index < -0.39 is 0 Å². The molecule has 0 radical (unpaired) electrons. The van der Waals surface area contributed by atoms with Crippen molar-refractivity contribution >= 4 is 23.6 Å². The van der Waals surface area contributed by atoms with Gasteiger partial charge in [-0.3, -0.25) is 14.3 Å². The Bertz CT molecular complexity index is 1190. The summed E-state index contributed by atoms with van der Waals surface area (Å²) >= 11 is 1.54. The third-order valence-corrected chi connectivity index (χ3v) is 7.18. The number of carbonyl (C=O) groups excluding carboxylic acids is 2. The zero-order chi connectivity index (χ0) is 23.5. The second-order valence-corrected chi connectivity index (χ2v) is 9.75. The van der Waals surface area contributed by atoms with E-state index in [0.717, 1.165) is 40.3 Å². The van der Waals surface area contributed by atoms with Gasteiger partial charge in [-0.1, -0.05) is 30.3 Å². The average Bonchev–Trinajstić information content (AvgIpc) is 3.62. The maximum Gasteiger partial charge on any atom is 0.272 e. The van der Waals surface area contributed by atoms with Crippen molar-refractivity contribution in [3.05, 3.63) is 77.1 Å². The van der Waals surface area contributed by atoms with Gasteiger partial charge in [0.15, 0.2) is 5.69 Å². The Morgan fingerprint density at radius 1 is 1.15 bits per heavy atom. The molecule has 2 aliphatic rings. The van der Waals surface area contributed by atoms with Gasteiger partial charge in [-0.05, 0) is 42.7 Å². The molecule has 1 N–H and O–H groups in total. The highest BCUT2D eigenvalue weighted by Crippen LogP contribution is 2.27. The van der Waals surface area contributed by atoms with Crippen LogP contribution in [0.25, 0.3) is 0 Å². The summed E-state index contributed by atoms with van der Waals surface area (Å²) in [6.45, 7) is 1.58. The highest BCUT2D eigenvalue weighted by Gasteiger charge is 2.32. The first kappa shape index (κ1) is 22.5. The van der Waals surface area contributed by atoms with Crippen LogP contribution >= 0.6 is 11.8 Å². The molecule has 0 atom stereocenters.